The normalized spacial score (nSPS) is 21.8. The van der Waals surface area contributed by atoms with Crippen LogP contribution in [-0.2, 0) is 11.2 Å². The zero-order chi connectivity index (χ0) is 18.3. The molecule has 1 atom stereocenters. The highest BCUT2D eigenvalue weighted by molar-refractivity contribution is 5.91. The second kappa shape index (κ2) is 6.58. The van der Waals surface area contributed by atoms with Gasteiger partial charge in [0, 0.05) is 43.3 Å². The molecule has 0 aromatic carbocycles. The molecule has 4 rings (SSSR count). The number of amides is 1. The number of likely N-dealkylation sites (tertiary alicyclic amines) is 1. The standard InChI is InChI=1S/C20H27N3O3/c1-13-16(14(2)22-21-13)12-15-4-5-17(26-15)19(24)23-10-8-20(9-11-23)7-6-18(20)25-3/h4-5,18H,6-12H2,1-3H3,(H,21,22). The predicted octanol–water partition coefficient (Wildman–Crippen LogP) is 3.24. The van der Waals surface area contributed by atoms with Gasteiger partial charge in [-0.1, -0.05) is 0 Å². The average molecular weight is 357 g/mol. The molecule has 2 aliphatic rings. The Hall–Kier alpha value is -2.08. The van der Waals surface area contributed by atoms with Gasteiger partial charge in [-0.2, -0.15) is 5.10 Å². The first-order chi connectivity index (χ1) is 12.5. The third-order valence-corrected chi connectivity index (χ3v) is 6.42. The summed E-state index contributed by atoms with van der Waals surface area (Å²) in [5.41, 5.74) is 3.45. The smallest absolute Gasteiger partial charge is 0.289 e. The molecule has 1 aliphatic carbocycles. The van der Waals surface area contributed by atoms with E-state index in [0.717, 1.165) is 55.1 Å². The van der Waals surface area contributed by atoms with Crippen LogP contribution in [0.1, 0.15) is 58.9 Å². The lowest BCUT2D eigenvalue weighted by Crippen LogP contribution is -2.53. The third-order valence-electron chi connectivity index (χ3n) is 6.42. The van der Waals surface area contributed by atoms with Crippen molar-refractivity contribution in [3.63, 3.8) is 0 Å². The van der Waals surface area contributed by atoms with Crippen molar-refractivity contribution in [3.8, 4) is 0 Å². The molecule has 140 valence electrons. The quantitative estimate of drug-likeness (QED) is 0.912. The minimum absolute atomic E-state index is 0.0000257. The predicted molar refractivity (Wildman–Crippen MR) is 97.2 cm³/mol. The largest absolute Gasteiger partial charge is 0.456 e. The number of methoxy groups -OCH3 is 1. The maximum Gasteiger partial charge on any atom is 0.289 e. The summed E-state index contributed by atoms with van der Waals surface area (Å²) in [6, 6.07) is 3.70. The van der Waals surface area contributed by atoms with Crippen molar-refractivity contribution in [1.29, 1.82) is 0 Å². The Morgan fingerprint density at radius 2 is 2.12 bits per heavy atom. The number of aromatic nitrogens is 2. The lowest BCUT2D eigenvalue weighted by atomic mass is 9.61. The molecule has 1 saturated heterocycles. The Morgan fingerprint density at radius 3 is 2.69 bits per heavy atom. The summed E-state index contributed by atoms with van der Waals surface area (Å²) in [5.74, 6) is 1.24. The van der Waals surface area contributed by atoms with Crippen molar-refractivity contribution >= 4 is 5.91 Å². The number of ether oxygens (including phenoxy) is 1. The molecular weight excluding hydrogens is 330 g/mol. The Morgan fingerprint density at radius 1 is 1.35 bits per heavy atom. The van der Waals surface area contributed by atoms with E-state index in [1.807, 2.05) is 24.8 Å². The van der Waals surface area contributed by atoms with E-state index in [2.05, 4.69) is 10.2 Å². The van der Waals surface area contributed by atoms with Crippen LogP contribution in [0.4, 0.5) is 0 Å². The van der Waals surface area contributed by atoms with Crippen molar-refractivity contribution in [1.82, 2.24) is 15.1 Å². The summed E-state index contributed by atoms with van der Waals surface area (Å²) in [7, 11) is 1.80. The van der Waals surface area contributed by atoms with Gasteiger partial charge in [0.25, 0.3) is 5.91 Å². The molecule has 1 spiro atoms. The first kappa shape index (κ1) is 17.3. The van der Waals surface area contributed by atoms with Gasteiger partial charge in [0.15, 0.2) is 5.76 Å². The summed E-state index contributed by atoms with van der Waals surface area (Å²) in [5, 5.41) is 7.20. The van der Waals surface area contributed by atoms with Gasteiger partial charge < -0.3 is 14.1 Å². The van der Waals surface area contributed by atoms with Gasteiger partial charge in [-0.15, -0.1) is 0 Å². The van der Waals surface area contributed by atoms with Crippen LogP contribution in [0.15, 0.2) is 16.5 Å². The highest BCUT2D eigenvalue weighted by atomic mass is 16.5. The number of aryl methyl sites for hydroxylation is 2. The Bertz CT molecular complexity index is 778. The molecular formula is C20H27N3O3. The Balaban J connectivity index is 1.40. The van der Waals surface area contributed by atoms with Crippen LogP contribution in [-0.4, -0.2) is 47.3 Å². The number of carbonyl (C=O) groups is 1. The van der Waals surface area contributed by atoms with Crippen LogP contribution in [0.3, 0.4) is 0 Å². The van der Waals surface area contributed by atoms with Gasteiger partial charge in [-0.25, -0.2) is 0 Å². The molecule has 1 unspecified atom stereocenters. The van der Waals surface area contributed by atoms with Crippen molar-refractivity contribution in [2.75, 3.05) is 20.2 Å². The second-order valence-electron chi connectivity index (χ2n) is 7.77. The van der Waals surface area contributed by atoms with Crippen LogP contribution in [0, 0.1) is 19.3 Å². The molecule has 2 fully saturated rings. The minimum atomic E-state index is 0.0000257. The van der Waals surface area contributed by atoms with Crippen molar-refractivity contribution in [3.05, 3.63) is 40.6 Å². The zero-order valence-electron chi connectivity index (χ0n) is 15.8. The summed E-state index contributed by atoms with van der Waals surface area (Å²) in [6.45, 7) is 5.55. The topological polar surface area (TPSA) is 71.4 Å². The molecule has 0 bridgehead atoms. The number of nitrogens with one attached hydrogen (secondary N) is 1. The molecule has 6 nitrogen and oxygen atoms in total. The molecule has 1 saturated carbocycles. The van der Waals surface area contributed by atoms with E-state index in [1.54, 1.807) is 13.2 Å². The molecule has 6 heteroatoms. The SMILES string of the molecule is COC1CCC12CCN(C(=O)c1ccc(Cc3c(C)n[nH]c3C)o1)CC2. The van der Waals surface area contributed by atoms with Gasteiger partial charge in [-0.3, -0.25) is 9.89 Å². The number of nitrogens with zero attached hydrogens (tertiary/aromatic N) is 2. The molecule has 2 aromatic rings. The van der Waals surface area contributed by atoms with E-state index in [9.17, 15) is 4.79 Å². The van der Waals surface area contributed by atoms with E-state index >= 15 is 0 Å². The van der Waals surface area contributed by atoms with Gasteiger partial charge in [0.2, 0.25) is 0 Å². The zero-order valence-corrected chi connectivity index (χ0v) is 15.8. The number of aromatic amines is 1. The van der Waals surface area contributed by atoms with E-state index in [4.69, 9.17) is 9.15 Å². The van der Waals surface area contributed by atoms with Crippen LogP contribution < -0.4 is 0 Å². The molecule has 2 aromatic heterocycles. The number of carbonyl (C=O) groups excluding carboxylic acids is 1. The second-order valence-corrected chi connectivity index (χ2v) is 7.77. The number of furan rings is 1. The summed E-state index contributed by atoms with van der Waals surface area (Å²) in [4.78, 5) is 14.7. The van der Waals surface area contributed by atoms with Gasteiger partial charge in [0.1, 0.15) is 5.76 Å². The molecule has 1 N–H and O–H groups in total. The molecule has 3 heterocycles. The summed E-state index contributed by atoms with van der Waals surface area (Å²) in [6.07, 6.45) is 5.45. The Labute approximate surface area is 153 Å². The summed E-state index contributed by atoms with van der Waals surface area (Å²) < 4.78 is 11.5. The highest BCUT2D eigenvalue weighted by Gasteiger charge is 2.49. The van der Waals surface area contributed by atoms with Crippen LogP contribution in [0.5, 0.6) is 0 Å². The van der Waals surface area contributed by atoms with E-state index in [0.29, 0.717) is 23.7 Å². The van der Waals surface area contributed by atoms with E-state index in [1.165, 1.54) is 6.42 Å². The Kier molecular flexibility index (Phi) is 4.39. The maximum absolute atomic E-state index is 12.8. The van der Waals surface area contributed by atoms with Gasteiger partial charge in [0.05, 0.1) is 11.8 Å². The monoisotopic (exact) mass is 357 g/mol. The molecule has 1 amide bonds. The van der Waals surface area contributed by atoms with Gasteiger partial charge in [-0.05, 0) is 51.7 Å². The van der Waals surface area contributed by atoms with Crippen molar-refractivity contribution < 1.29 is 13.9 Å². The lowest BCUT2D eigenvalue weighted by molar-refractivity contribution is -0.116. The molecule has 0 radical (unpaired) electrons. The number of rotatable bonds is 4. The fraction of sp³-hybridized carbons (Fsp3) is 0.600. The number of hydrogen-bond donors (Lipinski definition) is 1. The van der Waals surface area contributed by atoms with Crippen LogP contribution >= 0.6 is 0 Å². The lowest BCUT2D eigenvalue weighted by Gasteiger charge is -2.52. The van der Waals surface area contributed by atoms with Crippen LogP contribution in [0.25, 0.3) is 0 Å². The maximum atomic E-state index is 12.8. The molecule has 26 heavy (non-hydrogen) atoms. The first-order valence-corrected chi connectivity index (χ1v) is 9.43. The van der Waals surface area contributed by atoms with E-state index < -0.39 is 0 Å². The van der Waals surface area contributed by atoms with Crippen LogP contribution in [0.2, 0.25) is 0 Å². The van der Waals surface area contributed by atoms with E-state index in [-0.39, 0.29) is 5.91 Å². The third kappa shape index (κ3) is 2.86. The molecule has 1 aliphatic heterocycles. The summed E-state index contributed by atoms with van der Waals surface area (Å²) >= 11 is 0. The highest BCUT2D eigenvalue weighted by Crippen LogP contribution is 2.50. The average Bonchev–Trinajstić information content (AvgIpc) is 3.23. The number of H-pyrrole nitrogens is 1. The fourth-order valence-corrected chi connectivity index (χ4v) is 4.52. The van der Waals surface area contributed by atoms with Crippen molar-refractivity contribution in [2.24, 2.45) is 5.41 Å². The number of hydrogen-bond acceptors (Lipinski definition) is 4. The van der Waals surface area contributed by atoms with Crippen molar-refractivity contribution in [2.45, 2.75) is 52.1 Å². The number of piperidine rings is 1. The fourth-order valence-electron chi connectivity index (χ4n) is 4.52. The first-order valence-electron chi connectivity index (χ1n) is 9.43. The van der Waals surface area contributed by atoms with Gasteiger partial charge >= 0.3 is 0 Å². The minimum Gasteiger partial charge on any atom is -0.456 e.